The van der Waals surface area contributed by atoms with Crippen molar-refractivity contribution in [3.8, 4) is 6.07 Å². The van der Waals surface area contributed by atoms with E-state index in [0.29, 0.717) is 6.04 Å². The van der Waals surface area contributed by atoms with Crippen LogP contribution in [-0.4, -0.2) is 37.2 Å². The molecule has 1 aromatic heterocycles. The number of carbonyl (C=O) groups is 1. The molecule has 0 spiro atoms. The molecule has 0 aliphatic heterocycles. The van der Waals surface area contributed by atoms with E-state index in [4.69, 9.17) is 0 Å². The summed E-state index contributed by atoms with van der Waals surface area (Å²) >= 11 is 0. The van der Waals surface area contributed by atoms with Gasteiger partial charge in [0.25, 0.3) is 5.91 Å². The second-order valence-corrected chi connectivity index (χ2v) is 10.3. The topological polar surface area (TPSA) is 104 Å². The Morgan fingerprint density at radius 3 is 2.48 bits per heavy atom. The van der Waals surface area contributed by atoms with Crippen LogP contribution in [0, 0.1) is 25.2 Å². The van der Waals surface area contributed by atoms with E-state index in [0.717, 1.165) is 36.0 Å². The minimum Gasteiger partial charge on any atom is -0.350 e. The number of nitriles is 1. The first-order chi connectivity index (χ1) is 13.4. The SMILES string of the molecule is Cc1cc(/C=C(/C#N)C(=O)NCC(C)(C)NS(C)(=O)=O)c(C)n1C1CCCCC1. The molecule has 1 aromatic rings. The zero-order valence-corrected chi connectivity index (χ0v) is 18.8. The number of nitrogens with one attached hydrogen (secondary N) is 2. The van der Waals surface area contributed by atoms with Crippen LogP contribution in [0.4, 0.5) is 0 Å². The van der Waals surface area contributed by atoms with Crippen molar-refractivity contribution in [3.05, 3.63) is 28.6 Å². The van der Waals surface area contributed by atoms with E-state index in [1.54, 1.807) is 19.9 Å². The monoisotopic (exact) mass is 420 g/mol. The van der Waals surface area contributed by atoms with Crippen LogP contribution in [0.3, 0.4) is 0 Å². The van der Waals surface area contributed by atoms with Crippen LogP contribution in [0.25, 0.3) is 6.08 Å². The number of hydrogen-bond acceptors (Lipinski definition) is 4. The molecule has 0 bridgehead atoms. The number of hydrogen-bond donors (Lipinski definition) is 2. The van der Waals surface area contributed by atoms with Crippen LogP contribution in [0.5, 0.6) is 0 Å². The zero-order valence-electron chi connectivity index (χ0n) is 18.0. The Labute approximate surface area is 174 Å². The number of rotatable bonds is 7. The van der Waals surface area contributed by atoms with Crippen LogP contribution in [0.2, 0.25) is 0 Å². The molecule has 1 saturated carbocycles. The molecule has 7 nitrogen and oxygen atoms in total. The van der Waals surface area contributed by atoms with Gasteiger partial charge in [-0.3, -0.25) is 4.79 Å². The number of aryl methyl sites for hydroxylation is 1. The summed E-state index contributed by atoms with van der Waals surface area (Å²) in [4.78, 5) is 12.5. The lowest BCUT2D eigenvalue weighted by atomic mass is 9.95. The van der Waals surface area contributed by atoms with Gasteiger partial charge in [0, 0.05) is 29.5 Å². The third kappa shape index (κ3) is 6.44. The highest BCUT2D eigenvalue weighted by Gasteiger charge is 2.24. The Bertz CT molecular complexity index is 930. The van der Waals surface area contributed by atoms with E-state index < -0.39 is 21.5 Å². The van der Waals surface area contributed by atoms with Crippen molar-refractivity contribution in [2.75, 3.05) is 12.8 Å². The predicted octanol–water partition coefficient (Wildman–Crippen LogP) is 2.96. The first-order valence-corrected chi connectivity index (χ1v) is 11.9. The van der Waals surface area contributed by atoms with Crippen molar-refractivity contribution < 1.29 is 13.2 Å². The van der Waals surface area contributed by atoms with Gasteiger partial charge in [0.1, 0.15) is 11.6 Å². The summed E-state index contributed by atoms with van der Waals surface area (Å²) in [6, 6.07) is 4.47. The zero-order chi connectivity index (χ0) is 21.8. The Hall–Kier alpha value is -2.11. The number of aromatic nitrogens is 1. The molecule has 8 heteroatoms. The average Bonchev–Trinajstić information content (AvgIpc) is 2.89. The lowest BCUT2D eigenvalue weighted by molar-refractivity contribution is -0.117. The maximum atomic E-state index is 12.5. The lowest BCUT2D eigenvalue weighted by Crippen LogP contribution is -2.51. The van der Waals surface area contributed by atoms with E-state index >= 15 is 0 Å². The Kier molecular flexibility index (Phi) is 7.30. The maximum absolute atomic E-state index is 12.5. The highest BCUT2D eigenvalue weighted by molar-refractivity contribution is 7.88. The molecule has 0 aromatic carbocycles. The van der Waals surface area contributed by atoms with Gasteiger partial charge in [0.2, 0.25) is 10.0 Å². The summed E-state index contributed by atoms with van der Waals surface area (Å²) in [6.45, 7) is 7.49. The smallest absolute Gasteiger partial charge is 0.262 e. The molecule has 160 valence electrons. The Morgan fingerprint density at radius 2 is 1.93 bits per heavy atom. The summed E-state index contributed by atoms with van der Waals surface area (Å²) in [5.41, 5.74) is 2.21. The summed E-state index contributed by atoms with van der Waals surface area (Å²) in [6.07, 6.45) is 8.76. The minimum absolute atomic E-state index is 0.00375. The molecule has 1 heterocycles. The van der Waals surface area contributed by atoms with E-state index in [1.165, 1.54) is 19.3 Å². The second-order valence-electron chi connectivity index (χ2n) is 8.60. The summed E-state index contributed by atoms with van der Waals surface area (Å²) < 4.78 is 27.7. The molecule has 1 aliphatic rings. The van der Waals surface area contributed by atoms with Crippen LogP contribution in [0.15, 0.2) is 11.6 Å². The quantitative estimate of drug-likeness (QED) is 0.523. The van der Waals surface area contributed by atoms with Crippen molar-refractivity contribution in [1.82, 2.24) is 14.6 Å². The normalized spacial score (nSPS) is 16.5. The van der Waals surface area contributed by atoms with Gasteiger partial charge < -0.3 is 9.88 Å². The van der Waals surface area contributed by atoms with Crippen molar-refractivity contribution in [2.24, 2.45) is 0 Å². The van der Waals surface area contributed by atoms with E-state index in [2.05, 4.69) is 21.5 Å². The Balaban J connectivity index is 2.17. The number of sulfonamides is 1. The van der Waals surface area contributed by atoms with Gasteiger partial charge in [0.05, 0.1) is 6.26 Å². The predicted molar refractivity (Wildman–Crippen MR) is 115 cm³/mol. The maximum Gasteiger partial charge on any atom is 0.262 e. The molecule has 1 aliphatic carbocycles. The van der Waals surface area contributed by atoms with Crippen LogP contribution >= 0.6 is 0 Å². The fourth-order valence-electron chi connectivity index (χ4n) is 4.09. The molecule has 2 rings (SSSR count). The van der Waals surface area contributed by atoms with Crippen LogP contribution in [0.1, 0.15) is 68.9 Å². The standard InChI is InChI=1S/C21H32N4O3S/c1-15-11-17(16(2)25(15)19-9-7-6-8-10-19)12-18(13-22)20(26)23-14-21(3,4)24-29(5,27)28/h11-12,19,24H,6-10,14H2,1-5H3,(H,23,26)/b18-12-. The number of carbonyl (C=O) groups excluding carboxylic acids is 1. The largest absolute Gasteiger partial charge is 0.350 e. The van der Waals surface area contributed by atoms with Gasteiger partial charge in [-0.25, -0.2) is 13.1 Å². The third-order valence-corrected chi connectivity index (χ3v) is 6.20. The van der Waals surface area contributed by atoms with Crippen molar-refractivity contribution >= 4 is 22.0 Å². The first-order valence-electron chi connectivity index (χ1n) is 10.0. The van der Waals surface area contributed by atoms with E-state index in [-0.39, 0.29) is 12.1 Å². The van der Waals surface area contributed by atoms with Gasteiger partial charge in [0.15, 0.2) is 0 Å². The van der Waals surface area contributed by atoms with Gasteiger partial charge in [-0.2, -0.15) is 5.26 Å². The van der Waals surface area contributed by atoms with Gasteiger partial charge in [-0.05, 0) is 58.2 Å². The number of amides is 1. The Morgan fingerprint density at radius 1 is 1.31 bits per heavy atom. The van der Waals surface area contributed by atoms with E-state index in [1.807, 2.05) is 19.1 Å². The molecule has 0 saturated heterocycles. The summed E-state index contributed by atoms with van der Waals surface area (Å²) in [7, 11) is -3.41. The summed E-state index contributed by atoms with van der Waals surface area (Å²) in [5, 5.41) is 12.1. The fraction of sp³-hybridized carbons (Fsp3) is 0.619. The fourth-order valence-corrected chi connectivity index (χ4v) is 5.16. The van der Waals surface area contributed by atoms with Gasteiger partial charge in [-0.15, -0.1) is 0 Å². The summed E-state index contributed by atoms with van der Waals surface area (Å²) in [5.74, 6) is -0.515. The van der Waals surface area contributed by atoms with Gasteiger partial charge >= 0.3 is 0 Å². The minimum atomic E-state index is -3.41. The third-order valence-electron chi connectivity index (χ3n) is 5.28. The molecular weight excluding hydrogens is 388 g/mol. The van der Waals surface area contributed by atoms with Crippen LogP contribution in [-0.2, 0) is 14.8 Å². The molecule has 0 radical (unpaired) electrons. The van der Waals surface area contributed by atoms with E-state index in [9.17, 15) is 18.5 Å². The molecule has 1 fully saturated rings. The van der Waals surface area contributed by atoms with Crippen molar-refractivity contribution in [1.29, 1.82) is 5.26 Å². The molecule has 0 atom stereocenters. The second kappa shape index (κ2) is 9.14. The van der Waals surface area contributed by atoms with Gasteiger partial charge in [-0.1, -0.05) is 19.3 Å². The van der Waals surface area contributed by atoms with Crippen molar-refractivity contribution in [3.63, 3.8) is 0 Å². The van der Waals surface area contributed by atoms with Crippen LogP contribution < -0.4 is 10.0 Å². The highest BCUT2D eigenvalue weighted by Crippen LogP contribution is 2.32. The molecule has 1 amide bonds. The lowest BCUT2D eigenvalue weighted by Gasteiger charge is -2.26. The number of nitrogens with zero attached hydrogens (tertiary/aromatic N) is 2. The average molecular weight is 421 g/mol. The highest BCUT2D eigenvalue weighted by atomic mass is 32.2. The molecule has 29 heavy (non-hydrogen) atoms. The molecule has 2 N–H and O–H groups in total. The molecule has 0 unspecified atom stereocenters. The van der Waals surface area contributed by atoms with Crippen molar-refractivity contribution in [2.45, 2.75) is 71.4 Å². The first kappa shape index (κ1) is 23.2. The molecular formula is C21H32N4O3S.